The average molecular weight is 549 g/mol. The monoisotopic (exact) mass is 548 g/mol. The zero-order valence-corrected chi connectivity index (χ0v) is 28.3. The van der Waals surface area contributed by atoms with Crippen LogP contribution in [0.25, 0.3) is 0 Å². The zero-order valence-electron chi connectivity index (χ0n) is 28.3. The molecule has 0 atom stereocenters. The van der Waals surface area contributed by atoms with Crippen LogP contribution in [0, 0.1) is 27.7 Å². The van der Waals surface area contributed by atoms with Gasteiger partial charge in [-0.1, -0.05) is 83.1 Å². The highest BCUT2D eigenvalue weighted by molar-refractivity contribution is 5.26. The maximum Gasteiger partial charge on any atom is 0.131 e. The van der Waals surface area contributed by atoms with Crippen molar-refractivity contribution >= 4 is 0 Å². The van der Waals surface area contributed by atoms with Crippen LogP contribution in [0.15, 0.2) is 12.3 Å². The van der Waals surface area contributed by atoms with Gasteiger partial charge in [-0.25, -0.2) is 29.9 Å². The molecule has 6 nitrogen and oxygen atoms in total. The molecule has 0 aliphatic heterocycles. The molecule has 0 saturated heterocycles. The summed E-state index contributed by atoms with van der Waals surface area (Å²) in [5.74, 6) is 5.57. The van der Waals surface area contributed by atoms with E-state index in [4.69, 9.17) is 0 Å². The van der Waals surface area contributed by atoms with E-state index in [-0.39, 0.29) is 0 Å². The standard InChI is InChI=1S/C12H20N2.2C11H18N2/c1-7(2)11-9(5)10(6)13-12(14-11)8(3)4;1-7(2)10-9(5)6-12-11(13-10)8(3)4;1-7(2)10-6-9(5)12-11(13-10)8(3)4/h7-8H,1-6H3;2*6-8H,1-5H3. The molecule has 40 heavy (non-hydrogen) atoms. The Hall–Kier alpha value is -2.76. The molecule has 0 saturated carbocycles. The molecule has 3 heterocycles. The van der Waals surface area contributed by atoms with Gasteiger partial charge in [-0.2, -0.15) is 0 Å². The first-order chi connectivity index (χ1) is 18.5. The Morgan fingerprint density at radius 3 is 1.40 bits per heavy atom. The summed E-state index contributed by atoms with van der Waals surface area (Å²) in [7, 11) is 0. The molecule has 6 heteroatoms. The summed E-state index contributed by atoms with van der Waals surface area (Å²) >= 11 is 0. The third-order valence-electron chi connectivity index (χ3n) is 6.60. The van der Waals surface area contributed by atoms with Gasteiger partial charge in [0.2, 0.25) is 0 Å². The number of nitrogens with zero attached hydrogens (tertiary/aromatic N) is 6. The molecule has 0 spiro atoms. The van der Waals surface area contributed by atoms with Gasteiger partial charge in [0, 0.05) is 52.4 Å². The highest BCUT2D eigenvalue weighted by Gasteiger charge is 2.13. The van der Waals surface area contributed by atoms with Crippen molar-refractivity contribution in [1.82, 2.24) is 29.9 Å². The van der Waals surface area contributed by atoms with E-state index in [2.05, 4.69) is 140 Å². The minimum Gasteiger partial charge on any atom is -0.241 e. The molecular weight excluding hydrogens is 492 g/mol. The van der Waals surface area contributed by atoms with E-state index in [1.165, 1.54) is 22.5 Å². The predicted octanol–water partition coefficient (Wildman–Crippen LogP) is 9.40. The van der Waals surface area contributed by atoms with Crippen LogP contribution in [0.1, 0.15) is 176 Å². The molecule has 3 aromatic heterocycles. The highest BCUT2D eigenvalue weighted by atomic mass is 14.9. The first-order valence-corrected chi connectivity index (χ1v) is 15.0. The van der Waals surface area contributed by atoms with Gasteiger partial charge >= 0.3 is 0 Å². The Morgan fingerprint density at radius 1 is 0.475 bits per heavy atom. The minimum atomic E-state index is 0.409. The highest BCUT2D eigenvalue weighted by Crippen LogP contribution is 2.21. The van der Waals surface area contributed by atoms with Gasteiger partial charge < -0.3 is 0 Å². The summed E-state index contributed by atoms with van der Waals surface area (Å²) in [6.45, 7) is 34.0. The molecule has 3 aromatic rings. The molecule has 0 amide bonds. The lowest BCUT2D eigenvalue weighted by molar-refractivity contribution is 0.713. The van der Waals surface area contributed by atoms with Crippen molar-refractivity contribution in [2.75, 3.05) is 0 Å². The molecule has 3 rings (SSSR count). The van der Waals surface area contributed by atoms with Gasteiger partial charge in [-0.15, -0.1) is 0 Å². The van der Waals surface area contributed by atoms with Gasteiger partial charge in [0.15, 0.2) is 0 Å². The lowest BCUT2D eigenvalue weighted by Crippen LogP contribution is -2.07. The third-order valence-corrected chi connectivity index (χ3v) is 6.60. The second kappa shape index (κ2) is 15.9. The van der Waals surface area contributed by atoms with Gasteiger partial charge in [0.1, 0.15) is 17.5 Å². The van der Waals surface area contributed by atoms with Crippen molar-refractivity contribution < 1.29 is 0 Å². The fourth-order valence-corrected chi connectivity index (χ4v) is 4.00. The molecule has 0 radical (unpaired) electrons. The van der Waals surface area contributed by atoms with Crippen LogP contribution in [-0.2, 0) is 0 Å². The van der Waals surface area contributed by atoms with E-state index < -0.39 is 0 Å². The Kier molecular flexibility index (Phi) is 14.0. The Bertz CT molecular complexity index is 1180. The summed E-state index contributed by atoms with van der Waals surface area (Å²) in [6, 6.07) is 2.07. The van der Waals surface area contributed by atoms with Crippen molar-refractivity contribution in [1.29, 1.82) is 0 Å². The molecule has 0 fully saturated rings. The van der Waals surface area contributed by atoms with Gasteiger partial charge in [-0.3, -0.25) is 0 Å². The number of aryl methyl sites for hydroxylation is 3. The largest absolute Gasteiger partial charge is 0.241 e. The average Bonchev–Trinajstić information content (AvgIpc) is 2.85. The number of hydrogen-bond donors (Lipinski definition) is 0. The molecule has 0 aliphatic rings. The van der Waals surface area contributed by atoms with Crippen molar-refractivity contribution in [2.24, 2.45) is 0 Å². The van der Waals surface area contributed by atoms with Crippen molar-refractivity contribution in [2.45, 2.75) is 146 Å². The quantitative estimate of drug-likeness (QED) is 0.305. The second-order valence-corrected chi connectivity index (χ2v) is 12.7. The smallest absolute Gasteiger partial charge is 0.131 e. The van der Waals surface area contributed by atoms with Gasteiger partial charge in [-0.05, 0) is 62.6 Å². The van der Waals surface area contributed by atoms with E-state index in [0.717, 1.165) is 34.6 Å². The van der Waals surface area contributed by atoms with Crippen LogP contribution in [0.5, 0.6) is 0 Å². The maximum atomic E-state index is 4.62. The van der Waals surface area contributed by atoms with Crippen molar-refractivity contribution in [3.05, 3.63) is 69.3 Å². The fraction of sp³-hybridized carbons (Fsp3) is 0.647. The number of aromatic nitrogens is 6. The summed E-state index contributed by atoms with van der Waals surface area (Å²) in [5, 5.41) is 0. The van der Waals surface area contributed by atoms with E-state index in [1.807, 2.05) is 13.1 Å². The lowest BCUT2D eigenvalue weighted by Gasteiger charge is -2.14. The van der Waals surface area contributed by atoms with Crippen LogP contribution in [0.3, 0.4) is 0 Å². The van der Waals surface area contributed by atoms with Crippen LogP contribution >= 0.6 is 0 Å². The molecule has 0 aliphatic carbocycles. The summed E-state index contributed by atoms with van der Waals surface area (Å²) in [5.41, 5.74) is 8.15. The van der Waals surface area contributed by atoms with E-state index >= 15 is 0 Å². The minimum absolute atomic E-state index is 0.409. The molecule has 0 unspecified atom stereocenters. The van der Waals surface area contributed by atoms with Crippen molar-refractivity contribution in [3.63, 3.8) is 0 Å². The topological polar surface area (TPSA) is 77.3 Å². The van der Waals surface area contributed by atoms with Gasteiger partial charge in [0.25, 0.3) is 0 Å². The predicted molar refractivity (Wildman–Crippen MR) is 170 cm³/mol. The molecule has 0 aromatic carbocycles. The first-order valence-electron chi connectivity index (χ1n) is 15.0. The van der Waals surface area contributed by atoms with Crippen LogP contribution in [-0.4, -0.2) is 29.9 Å². The van der Waals surface area contributed by atoms with Crippen LogP contribution in [0.2, 0.25) is 0 Å². The van der Waals surface area contributed by atoms with E-state index in [1.54, 1.807) is 0 Å². The summed E-state index contributed by atoms with van der Waals surface area (Å²) in [4.78, 5) is 26.9. The molecule has 222 valence electrons. The summed E-state index contributed by atoms with van der Waals surface area (Å²) < 4.78 is 0. The first kappa shape index (κ1) is 35.3. The van der Waals surface area contributed by atoms with Crippen molar-refractivity contribution in [3.8, 4) is 0 Å². The molecule has 0 bridgehead atoms. The molecular formula is C34H56N6. The Morgan fingerprint density at radius 2 is 0.950 bits per heavy atom. The zero-order chi connectivity index (χ0) is 30.9. The van der Waals surface area contributed by atoms with E-state index in [0.29, 0.717) is 35.5 Å². The van der Waals surface area contributed by atoms with E-state index in [9.17, 15) is 0 Å². The SMILES string of the molecule is Cc1cc(C(C)C)nc(C(C)C)n1.Cc1cnc(C(C)C)nc1C(C)C.Cc1nc(C(C)C)nc(C(C)C)c1C. The second-order valence-electron chi connectivity index (χ2n) is 12.7. The number of rotatable bonds is 6. The molecule has 0 N–H and O–H groups in total. The van der Waals surface area contributed by atoms with Crippen LogP contribution < -0.4 is 0 Å². The fourth-order valence-electron chi connectivity index (χ4n) is 4.00. The van der Waals surface area contributed by atoms with Gasteiger partial charge in [0.05, 0.1) is 0 Å². The Labute approximate surface area is 245 Å². The third kappa shape index (κ3) is 10.7. The summed E-state index contributed by atoms with van der Waals surface area (Å²) in [6.07, 6.45) is 1.93. The lowest BCUT2D eigenvalue weighted by atomic mass is 10.0. The van der Waals surface area contributed by atoms with Crippen LogP contribution in [0.4, 0.5) is 0 Å². The maximum absolute atomic E-state index is 4.62. The Balaban J connectivity index is 0.000000300. The number of hydrogen-bond acceptors (Lipinski definition) is 6. The normalized spacial score (nSPS) is 11.3.